The molecule has 6 heteroatoms. The van der Waals surface area contributed by atoms with Crippen LogP contribution in [0.1, 0.15) is 15.9 Å². The molecule has 5 aromatic rings. The summed E-state index contributed by atoms with van der Waals surface area (Å²) in [5.41, 5.74) is 4.31. The van der Waals surface area contributed by atoms with Gasteiger partial charge in [-0.15, -0.1) is 0 Å². The van der Waals surface area contributed by atoms with Crippen LogP contribution in [-0.2, 0) is 6.61 Å². The average molecular weight is 455 g/mol. The standard InChI is InChI=1S/C27H19ClN2O3/c28-21-8-4-7-20(15-21)27-30-24-16-22(11-14-25(24)33-27)29-26(31)19-9-12-23(13-10-19)32-17-18-5-2-1-3-6-18/h1-16H,17H2,(H,29,31). The molecule has 1 amide bonds. The average Bonchev–Trinajstić information content (AvgIpc) is 3.27. The van der Waals surface area contributed by atoms with Crippen LogP contribution in [-0.4, -0.2) is 10.9 Å². The fraction of sp³-hybridized carbons (Fsp3) is 0.0370. The van der Waals surface area contributed by atoms with Crippen LogP contribution in [0.25, 0.3) is 22.6 Å². The molecule has 4 aromatic carbocycles. The molecule has 0 radical (unpaired) electrons. The summed E-state index contributed by atoms with van der Waals surface area (Å²) in [6, 6.07) is 29.6. The molecular formula is C27H19ClN2O3. The Morgan fingerprint density at radius 1 is 0.909 bits per heavy atom. The maximum atomic E-state index is 12.7. The minimum Gasteiger partial charge on any atom is -0.489 e. The first-order valence-electron chi connectivity index (χ1n) is 10.4. The highest BCUT2D eigenvalue weighted by Gasteiger charge is 2.11. The lowest BCUT2D eigenvalue weighted by atomic mass is 10.2. The highest BCUT2D eigenvalue weighted by molar-refractivity contribution is 6.30. The van der Waals surface area contributed by atoms with Gasteiger partial charge in [0, 0.05) is 21.8 Å². The minimum atomic E-state index is -0.220. The third-order valence-electron chi connectivity index (χ3n) is 5.08. The van der Waals surface area contributed by atoms with Gasteiger partial charge in [0.1, 0.15) is 17.9 Å². The van der Waals surface area contributed by atoms with Crippen LogP contribution in [0.2, 0.25) is 5.02 Å². The lowest BCUT2D eigenvalue weighted by Crippen LogP contribution is -2.11. The Kier molecular flexibility index (Phi) is 5.79. The van der Waals surface area contributed by atoms with Crippen LogP contribution in [0, 0.1) is 0 Å². The van der Waals surface area contributed by atoms with E-state index >= 15 is 0 Å². The van der Waals surface area contributed by atoms with Gasteiger partial charge >= 0.3 is 0 Å². The number of aromatic nitrogens is 1. The number of ether oxygens (including phenoxy) is 1. The Balaban J connectivity index is 1.26. The van der Waals surface area contributed by atoms with Crippen LogP contribution in [0.3, 0.4) is 0 Å². The number of hydrogen-bond acceptors (Lipinski definition) is 4. The minimum absolute atomic E-state index is 0.220. The summed E-state index contributed by atoms with van der Waals surface area (Å²) in [5.74, 6) is 0.956. The van der Waals surface area contributed by atoms with E-state index in [1.165, 1.54) is 0 Å². The molecule has 0 bridgehead atoms. The van der Waals surface area contributed by atoms with Crippen LogP contribution in [0.15, 0.2) is 101 Å². The molecule has 162 valence electrons. The second-order valence-corrected chi connectivity index (χ2v) is 7.90. The summed E-state index contributed by atoms with van der Waals surface area (Å²) in [6.07, 6.45) is 0. The van der Waals surface area contributed by atoms with Crippen molar-refractivity contribution < 1.29 is 13.9 Å². The number of nitrogens with one attached hydrogen (secondary N) is 1. The summed E-state index contributed by atoms with van der Waals surface area (Å²) in [7, 11) is 0. The zero-order chi connectivity index (χ0) is 22.6. The Morgan fingerprint density at radius 2 is 1.73 bits per heavy atom. The van der Waals surface area contributed by atoms with Crippen molar-refractivity contribution in [3.63, 3.8) is 0 Å². The van der Waals surface area contributed by atoms with Gasteiger partial charge in [-0.25, -0.2) is 4.98 Å². The number of carbonyl (C=O) groups is 1. The number of benzene rings is 4. The summed E-state index contributed by atoms with van der Waals surface area (Å²) in [6.45, 7) is 0.473. The second kappa shape index (κ2) is 9.18. The molecule has 0 aliphatic heterocycles. The highest BCUT2D eigenvalue weighted by atomic mass is 35.5. The molecule has 0 unspecified atom stereocenters. The summed E-state index contributed by atoms with van der Waals surface area (Å²) < 4.78 is 11.6. The molecule has 1 aromatic heterocycles. The van der Waals surface area contributed by atoms with Crippen molar-refractivity contribution in [2.75, 3.05) is 5.32 Å². The number of halogens is 1. The van der Waals surface area contributed by atoms with Crippen molar-refractivity contribution in [2.24, 2.45) is 0 Å². The van der Waals surface area contributed by atoms with E-state index in [-0.39, 0.29) is 5.91 Å². The van der Waals surface area contributed by atoms with Gasteiger partial charge in [-0.05, 0) is 66.2 Å². The molecule has 0 aliphatic rings. The van der Waals surface area contributed by atoms with E-state index in [0.717, 1.165) is 11.1 Å². The number of oxazole rings is 1. The maximum Gasteiger partial charge on any atom is 0.255 e. The van der Waals surface area contributed by atoms with E-state index in [1.807, 2.05) is 42.5 Å². The van der Waals surface area contributed by atoms with E-state index in [4.69, 9.17) is 20.8 Å². The summed E-state index contributed by atoms with van der Waals surface area (Å²) in [5, 5.41) is 3.51. The fourth-order valence-electron chi connectivity index (χ4n) is 3.40. The van der Waals surface area contributed by atoms with E-state index in [2.05, 4.69) is 10.3 Å². The summed E-state index contributed by atoms with van der Waals surface area (Å²) in [4.78, 5) is 17.2. The van der Waals surface area contributed by atoms with Crippen LogP contribution in [0.4, 0.5) is 5.69 Å². The van der Waals surface area contributed by atoms with Crippen molar-refractivity contribution >= 4 is 34.3 Å². The number of fused-ring (bicyclic) bond motifs is 1. The van der Waals surface area contributed by atoms with Crippen molar-refractivity contribution in [1.29, 1.82) is 0 Å². The number of amides is 1. The number of nitrogens with zero attached hydrogens (tertiary/aromatic N) is 1. The molecule has 0 saturated heterocycles. The third kappa shape index (κ3) is 4.89. The quantitative estimate of drug-likeness (QED) is 0.300. The monoisotopic (exact) mass is 454 g/mol. The maximum absolute atomic E-state index is 12.7. The third-order valence-corrected chi connectivity index (χ3v) is 5.32. The van der Waals surface area contributed by atoms with Crippen LogP contribution in [0.5, 0.6) is 5.75 Å². The Bertz CT molecular complexity index is 1410. The first-order chi connectivity index (χ1) is 16.1. The van der Waals surface area contributed by atoms with Crippen molar-refractivity contribution in [3.8, 4) is 17.2 Å². The lowest BCUT2D eigenvalue weighted by molar-refractivity contribution is 0.102. The van der Waals surface area contributed by atoms with Crippen molar-refractivity contribution in [2.45, 2.75) is 6.61 Å². The molecule has 33 heavy (non-hydrogen) atoms. The normalized spacial score (nSPS) is 10.8. The number of carbonyl (C=O) groups excluding carboxylic acids is 1. The largest absolute Gasteiger partial charge is 0.489 e. The van der Waals surface area contributed by atoms with Crippen LogP contribution < -0.4 is 10.1 Å². The zero-order valence-corrected chi connectivity index (χ0v) is 18.3. The van der Waals surface area contributed by atoms with Gasteiger partial charge in [-0.2, -0.15) is 0 Å². The Hall–Kier alpha value is -4.09. The molecule has 0 aliphatic carbocycles. The van der Waals surface area contributed by atoms with Gasteiger partial charge < -0.3 is 14.5 Å². The predicted molar refractivity (Wildman–Crippen MR) is 130 cm³/mol. The Labute approximate surface area is 195 Å². The van der Waals surface area contributed by atoms with E-state index < -0.39 is 0 Å². The van der Waals surface area contributed by atoms with Crippen molar-refractivity contribution in [1.82, 2.24) is 4.98 Å². The van der Waals surface area contributed by atoms with Gasteiger partial charge in [0.2, 0.25) is 5.89 Å². The first kappa shape index (κ1) is 20.8. The van der Waals surface area contributed by atoms with Crippen molar-refractivity contribution in [3.05, 3.63) is 113 Å². The Morgan fingerprint density at radius 3 is 2.52 bits per heavy atom. The molecule has 5 nitrogen and oxygen atoms in total. The number of rotatable bonds is 6. The zero-order valence-electron chi connectivity index (χ0n) is 17.5. The van der Waals surface area contributed by atoms with Gasteiger partial charge in [-0.3, -0.25) is 4.79 Å². The van der Waals surface area contributed by atoms with Gasteiger partial charge in [-0.1, -0.05) is 48.0 Å². The van der Waals surface area contributed by atoms with E-state index in [0.29, 0.717) is 45.6 Å². The molecule has 0 fully saturated rings. The smallest absolute Gasteiger partial charge is 0.255 e. The lowest BCUT2D eigenvalue weighted by Gasteiger charge is -2.08. The SMILES string of the molecule is O=C(Nc1ccc2oc(-c3cccc(Cl)c3)nc2c1)c1ccc(OCc2ccccc2)cc1. The van der Waals surface area contributed by atoms with E-state index in [1.54, 1.807) is 54.6 Å². The molecule has 1 N–H and O–H groups in total. The molecule has 0 saturated carbocycles. The predicted octanol–water partition coefficient (Wildman–Crippen LogP) is 6.98. The molecule has 5 rings (SSSR count). The van der Waals surface area contributed by atoms with Crippen LogP contribution >= 0.6 is 11.6 Å². The summed E-state index contributed by atoms with van der Waals surface area (Å²) >= 11 is 6.06. The molecule has 0 spiro atoms. The van der Waals surface area contributed by atoms with E-state index in [9.17, 15) is 4.79 Å². The molecule has 0 atom stereocenters. The topological polar surface area (TPSA) is 64.4 Å². The van der Waals surface area contributed by atoms with Gasteiger partial charge in [0.25, 0.3) is 5.91 Å². The number of hydrogen-bond donors (Lipinski definition) is 1. The molecule has 1 heterocycles. The first-order valence-corrected chi connectivity index (χ1v) is 10.8. The number of anilines is 1. The highest BCUT2D eigenvalue weighted by Crippen LogP contribution is 2.28. The van der Waals surface area contributed by atoms with Gasteiger partial charge in [0.05, 0.1) is 0 Å². The van der Waals surface area contributed by atoms with Gasteiger partial charge in [0.15, 0.2) is 5.58 Å². The fourth-order valence-corrected chi connectivity index (χ4v) is 3.59. The molecular weight excluding hydrogens is 436 g/mol. The second-order valence-electron chi connectivity index (χ2n) is 7.46.